The Morgan fingerprint density at radius 2 is 1.57 bits per heavy atom. The van der Waals surface area contributed by atoms with E-state index < -0.39 is 0 Å². The van der Waals surface area contributed by atoms with E-state index in [0.717, 1.165) is 22.4 Å². The van der Waals surface area contributed by atoms with Gasteiger partial charge >= 0.3 is 0 Å². The van der Waals surface area contributed by atoms with E-state index in [1.54, 1.807) is 0 Å². The van der Waals surface area contributed by atoms with Crippen molar-refractivity contribution in [1.82, 2.24) is 0 Å². The van der Waals surface area contributed by atoms with E-state index in [2.05, 4.69) is 39.0 Å². The molecule has 0 amide bonds. The average Bonchev–Trinajstić information content (AvgIpc) is 2.33. The minimum atomic E-state index is 0. The van der Waals surface area contributed by atoms with E-state index in [1.807, 2.05) is 30.7 Å². The van der Waals surface area contributed by atoms with Crippen molar-refractivity contribution in [1.29, 1.82) is 0 Å². The quantitative estimate of drug-likeness (QED) is 0.607. The van der Waals surface area contributed by atoms with Gasteiger partial charge < -0.3 is 0 Å². The van der Waals surface area contributed by atoms with Crippen molar-refractivity contribution in [3.05, 3.63) is 64.0 Å². The van der Waals surface area contributed by atoms with Crippen LogP contribution in [-0.4, -0.2) is 5.78 Å². The standard InChI is InChI=1S/C18H22NO.BrH/c1-12-9-14(3)18(15(4)10-12)17(20)11-19-8-6-7-13(2)16(19)5;/h6-10H,11H2,1-5H3;1H/q+1;. The molecule has 0 radical (unpaired) electrons. The second-order valence-corrected chi connectivity index (χ2v) is 5.60. The van der Waals surface area contributed by atoms with Gasteiger partial charge in [0, 0.05) is 24.1 Å². The topological polar surface area (TPSA) is 20.9 Å². The normalized spacial score (nSPS) is 10.1. The van der Waals surface area contributed by atoms with Gasteiger partial charge in [0.2, 0.25) is 12.3 Å². The summed E-state index contributed by atoms with van der Waals surface area (Å²) in [5, 5.41) is 0. The number of benzene rings is 1. The molecule has 0 atom stereocenters. The van der Waals surface area contributed by atoms with Gasteiger partial charge in [0.05, 0.1) is 0 Å². The highest BCUT2D eigenvalue weighted by molar-refractivity contribution is 8.93. The predicted molar refractivity (Wildman–Crippen MR) is 91.4 cm³/mol. The van der Waals surface area contributed by atoms with Crippen LogP contribution in [0.4, 0.5) is 0 Å². The van der Waals surface area contributed by atoms with Crippen LogP contribution in [0.3, 0.4) is 0 Å². The van der Waals surface area contributed by atoms with Crippen LogP contribution in [0.15, 0.2) is 30.5 Å². The number of rotatable bonds is 3. The number of nitrogens with zero attached hydrogens (tertiary/aromatic N) is 1. The van der Waals surface area contributed by atoms with Gasteiger partial charge in [-0.15, -0.1) is 17.0 Å². The number of hydrogen-bond acceptors (Lipinski definition) is 1. The van der Waals surface area contributed by atoms with Crippen LogP contribution in [0, 0.1) is 34.6 Å². The fourth-order valence-corrected chi connectivity index (χ4v) is 2.78. The highest BCUT2D eigenvalue weighted by Crippen LogP contribution is 2.17. The van der Waals surface area contributed by atoms with Gasteiger partial charge in [-0.1, -0.05) is 17.7 Å². The highest BCUT2D eigenvalue weighted by Gasteiger charge is 2.19. The summed E-state index contributed by atoms with van der Waals surface area (Å²) in [7, 11) is 0. The third-order valence-electron chi connectivity index (χ3n) is 3.88. The Morgan fingerprint density at radius 1 is 1.00 bits per heavy atom. The van der Waals surface area contributed by atoms with Crippen LogP contribution in [0.5, 0.6) is 0 Å². The lowest BCUT2D eigenvalue weighted by atomic mass is 9.96. The van der Waals surface area contributed by atoms with E-state index in [0.29, 0.717) is 6.54 Å². The molecule has 21 heavy (non-hydrogen) atoms. The van der Waals surface area contributed by atoms with E-state index in [9.17, 15) is 4.79 Å². The van der Waals surface area contributed by atoms with Crippen molar-refractivity contribution in [2.75, 3.05) is 0 Å². The Kier molecular flexibility index (Phi) is 5.85. The van der Waals surface area contributed by atoms with Crippen molar-refractivity contribution >= 4 is 22.8 Å². The van der Waals surface area contributed by atoms with Gasteiger partial charge in [-0.2, -0.15) is 4.57 Å². The number of carbonyl (C=O) groups excluding carboxylic acids is 1. The number of hydrogen-bond donors (Lipinski definition) is 0. The number of aryl methyl sites for hydroxylation is 4. The monoisotopic (exact) mass is 348 g/mol. The molecule has 2 nitrogen and oxygen atoms in total. The lowest BCUT2D eigenvalue weighted by Gasteiger charge is -2.09. The van der Waals surface area contributed by atoms with Crippen molar-refractivity contribution in [2.45, 2.75) is 41.2 Å². The number of ketones is 1. The fourth-order valence-electron chi connectivity index (χ4n) is 2.78. The van der Waals surface area contributed by atoms with E-state index in [4.69, 9.17) is 0 Å². The first-order chi connectivity index (χ1) is 9.40. The van der Waals surface area contributed by atoms with Crippen LogP contribution in [0.25, 0.3) is 0 Å². The molecule has 0 fully saturated rings. The van der Waals surface area contributed by atoms with Crippen molar-refractivity contribution < 1.29 is 9.36 Å². The summed E-state index contributed by atoms with van der Waals surface area (Å²) < 4.78 is 2.02. The number of aromatic nitrogens is 1. The molecule has 112 valence electrons. The number of Topliss-reactive ketones (excluding diaryl/α,β-unsaturated/α-hetero) is 1. The molecular formula is C18H23BrNO+. The molecule has 0 N–H and O–H groups in total. The van der Waals surface area contributed by atoms with Crippen LogP contribution in [0.2, 0.25) is 0 Å². The van der Waals surface area contributed by atoms with E-state index >= 15 is 0 Å². The molecule has 1 aromatic carbocycles. The fraction of sp³-hybridized carbons (Fsp3) is 0.333. The minimum Gasteiger partial charge on any atom is -0.287 e. The molecule has 2 aromatic rings. The summed E-state index contributed by atoms with van der Waals surface area (Å²) in [5.74, 6) is 0.179. The maximum atomic E-state index is 12.6. The third-order valence-corrected chi connectivity index (χ3v) is 3.88. The predicted octanol–water partition coefficient (Wildman–Crippen LogP) is 3.98. The Bertz CT molecular complexity index is 654. The Morgan fingerprint density at radius 3 is 2.14 bits per heavy atom. The van der Waals surface area contributed by atoms with Gasteiger partial charge in [-0.25, -0.2) is 0 Å². The number of pyridine rings is 1. The van der Waals surface area contributed by atoms with E-state index in [1.165, 1.54) is 11.1 Å². The molecule has 0 unspecified atom stereocenters. The van der Waals surface area contributed by atoms with Crippen molar-refractivity contribution in [3.8, 4) is 0 Å². The first-order valence-corrected chi connectivity index (χ1v) is 6.97. The molecule has 0 saturated carbocycles. The SMILES string of the molecule is Br.Cc1cc(C)c(C(=O)C[n+]2cccc(C)c2C)c(C)c1. The highest BCUT2D eigenvalue weighted by atomic mass is 79.9. The maximum absolute atomic E-state index is 12.6. The second kappa shape index (κ2) is 6.99. The molecule has 3 heteroatoms. The van der Waals surface area contributed by atoms with Crippen LogP contribution in [0.1, 0.15) is 38.3 Å². The van der Waals surface area contributed by atoms with Crippen LogP contribution in [-0.2, 0) is 6.54 Å². The molecule has 0 saturated heterocycles. The van der Waals surface area contributed by atoms with Crippen LogP contribution < -0.4 is 4.57 Å². The first-order valence-electron chi connectivity index (χ1n) is 6.97. The lowest BCUT2D eigenvalue weighted by Crippen LogP contribution is -2.41. The molecule has 0 aliphatic carbocycles. The van der Waals surface area contributed by atoms with Gasteiger partial charge in [-0.05, 0) is 44.9 Å². The largest absolute Gasteiger partial charge is 0.287 e. The number of carbonyl (C=O) groups is 1. The van der Waals surface area contributed by atoms with Gasteiger partial charge in [0.25, 0.3) is 0 Å². The maximum Gasteiger partial charge on any atom is 0.228 e. The van der Waals surface area contributed by atoms with Gasteiger partial charge in [0.1, 0.15) is 0 Å². The summed E-state index contributed by atoms with van der Waals surface area (Å²) >= 11 is 0. The number of halogens is 1. The first kappa shape index (κ1) is 17.6. The molecule has 2 rings (SSSR count). The minimum absolute atomic E-state index is 0. The summed E-state index contributed by atoms with van der Waals surface area (Å²) in [5.41, 5.74) is 6.55. The Balaban J connectivity index is 0.00000220. The van der Waals surface area contributed by atoms with Gasteiger partial charge in [-0.3, -0.25) is 4.79 Å². The second-order valence-electron chi connectivity index (χ2n) is 5.60. The Labute approximate surface area is 137 Å². The van der Waals surface area contributed by atoms with Gasteiger partial charge in [0.15, 0.2) is 11.9 Å². The molecule has 1 heterocycles. The smallest absolute Gasteiger partial charge is 0.228 e. The zero-order valence-corrected chi connectivity index (χ0v) is 15.1. The zero-order valence-electron chi connectivity index (χ0n) is 13.4. The van der Waals surface area contributed by atoms with Crippen molar-refractivity contribution in [3.63, 3.8) is 0 Å². The molecule has 0 aliphatic rings. The van der Waals surface area contributed by atoms with E-state index in [-0.39, 0.29) is 22.8 Å². The molecule has 0 aliphatic heterocycles. The third kappa shape index (κ3) is 3.79. The molecule has 1 aromatic heterocycles. The lowest BCUT2D eigenvalue weighted by molar-refractivity contribution is -0.689. The van der Waals surface area contributed by atoms with Crippen molar-refractivity contribution in [2.24, 2.45) is 0 Å². The zero-order chi connectivity index (χ0) is 14.9. The average molecular weight is 349 g/mol. The summed E-state index contributed by atoms with van der Waals surface area (Å²) in [4.78, 5) is 12.6. The summed E-state index contributed by atoms with van der Waals surface area (Å²) in [6, 6.07) is 8.21. The molecule has 0 spiro atoms. The Hall–Kier alpha value is -1.48. The molecule has 0 bridgehead atoms. The summed E-state index contributed by atoms with van der Waals surface area (Å²) in [6.45, 7) is 10.6. The summed E-state index contributed by atoms with van der Waals surface area (Å²) in [6.07, 6.45) is 1.97. The molecular weight excluding hydrogens is 326 g/mol. The van der Waals surface area contributed by atoms with Crippen LogP contribution >= 0.6 is 17.0 Å².